The molecule has 2 aromatic rings. The first-order chi connectivity index (χ1) is 11.5. The molecular formula is C19H18ClNO2S. The second kappa shape index (κ2) is 6.99. The molecule has 0 saturated heterocycles. The van der Waals surface area contributed by atoms with Crippen molar-refractivity contribution < 1.29 is 9.59 Å². The van der Waals surface area contributed by atoms with Gasteiger partial charge in [-0.2, -0.15) is 0 Å². The molecule has 5 heteroatoms. The van der Waals surface area contributed by atoms with E-state index in [1.165, 1.54) is 11.8 Å². The van der Waals surface area contributed by atoms with Gasteiger partial charge in [0, 0.05) is 34.6 Å². The summed E-state index contributed by atoms with van der Waals surface area (Å²) in [6, 6.07) is 13.1. The highest BCUT2D eigenvalue weighted by molar-refractivity contribution is 8.00. The van der Waals surface area contributed by atoms with E-state index < -0.39 is 0 Å². The molecule has 3 nitrogen and oxygen atoms in total. The van der Waals surface area contributed by atoms with Crippen molar-refractivity contribution in [1.82, 2.24) is 0 Å². The van der Waals surface area contributed by atoms with Gasteiger partial charge in [0.05, 0.1) is 5.25 Å². The summed E-state index contributed by atoms with van der Waals surface area (Å²) in [6.45, 7) is 4.17. The van der Waals surface area contributed by atoms with E-state index in [-0.39, 0.29) is 16.9 Å². The molecule has 2 aromatic carbocycles. The van der Waals surface area contributed by atoms with Crippen LogP contribution in [0, 0.1) is 0 Å². The molecule has 0 fully saturated rings. The predicted octanol–water partition coefficient (Wildman–Crippen LogP) is 4.61. The number of benzene rings is 2. The number of fused-ring (bicyclic) bond motifs is 1. The van der Waals surface area contributed by atoms with Gasteiger partial charge < -0.3 is 4.90 Å². The summed E-state index contributed by atoms with van der Waals surface area (Å²) in [5.41, 5.74) is 2.70. The number of nitrogens with zero attached hydrogens (tertiary/aromatic N) is 1. The summed E-state index contributed by atoms with van der Waals surface area (Å²) >= 11 is 7.41. The third-order valence-electron chi connectivity index (χ3n) is 4.14. The van der Waals surface area contributed by atoms with Gasteiger partial charge in [0.2, 0.25) is 5.91 Å². The predicted molar refractivity (Wildman–Crippen MR) is 99.3 cm³/mol. The molecule has 0 N–H and O–H groups in total. The molecule has 0 radical (unpaired) electrons. The third-order valence-corrected chi connectivity index (χ3v) is 5.50. The van der Waals surface area contributed by atoms with Crippen molar-refractivity contribution in [3.05, 3.63) is 58.6 Å². The Kier molecular flexibility index (Phi) is 4.97. The Morgan fingerprint density at radius 1 is 1.17 bits per heavy atom. The summed E-state index contributed by atoms with van der Waals surface area (Å²) in [7, 11) is 0. The number of halogens is 1. The van der Waals surface area contributed by atoms with Crippen LogP contribution >= 0.6 is 23.4 Å². The van der Waals surface area contributed by atoms with Crippen molar-refractivity contribution in [1.29, 1.82) is 0 Å². The van der Waals surface area contributed by atoms with E-state index in [1.807, 2.05) is 49.4 Å². The Bertz CT molecular complexity index is 788. The summed E-state index contributed by atoms with van der Waals surface area (Å²) < 4.78 is 0. The van der Waals surface area contributed by atoms with Crippen LogP contribution in [0.3, 0.4) is 0 Å². The molecule has 0 bridgehead atoms. The highest BCUT2D eigenvalue weighted by Crippen LogP contribution is 2.31. The number of hydrogen-bond acceptors (Lipinski definition) is 3. The van der Waals surface area contributed by atoms with Crippen molar-refractivity contribution in [2.75, 3.05) is 11.4 Å². The first-order valence-electron chi connectivity index (χ1n) is 7.83. The lowest BCUT2D eigenvalue weighted by atomic mass is 10.0. The van der Waals surface area contributed by atoms with E-state index in [0.717, 1.165) is 22.6 Å². The minimum Gasteiger partial charge on any atom is -0.312 e. The van der Waals surface area contributed by atoms with Crippen LogP contribution in [0.4, 0.5) is 5.69 Å². The maximum absolute atomic E-state index is 12.7. The van der Waals surface area contributed by atoms with Gasteiger partial charge in [0.15, 0.2) is 5.78 Å². The molecule has 1 heterocycles. The van der Waals surface area contributed by atoms with Gasteiger partial charge in [0.25, 0.3) is 0 Å². The number of hydrogen-bond donors (Lipinski definition) is 0. The summed E-state index contributed by atoms with van der Waals surface area (Å²) in [5.74, 6) is 0.138. The molecule has 124 valence electrons. The average molecular weight is 360 g/mol. The van der Waals surface area contributed by atoms with Crippen LogP contribution in [-0.2, 0) is 11.2 Å². The highest BCUT2D eigenvalue weighted by Gasteiger charge is 2.24. The van der Waals surface area contributed by atoms with Crippen LogP contribution in [-0.4, -0.2) is 23.5 Å². The molecule has 1 aliphatic rings. The minimum absolute atomic E-state index is 0.0412. The average Bonchev–Trinajstić information content (AvgIpc) is 2.99. The molecule has 1 unspecified atom stereocenters. The van der Waals surface area contributed by atoms with E-state index >= 15 is 0 Å². The zero-order valence-electron chi connectivity index (χ0n) is 13.6. The zero-order valence-corrected chi connectivity index (χ0v) is 15.2. The molecule has 1 aliphatic heterocycles. The van der Waals surface area contributed by atoms with Crippen LogP contribution in [0.1, 0.15) is 29.8 Å². The van der Waals surface area contributed by atoms with Crippen molar-refractivity contribution in [2.45, 2.75) is 30.4 Å². The Morgan fingerprint density at radius 2 is 1.88 bits per heavy atom. The van der Waals surface area contributed by atoms with Gasteiger partial charge in [0.1, 0.15) is 0 Å². The number of Topliss-reactive ketones (excluding diaryl/α,β-unsaturated/α-hetero) is 1. The fraction of sp³-hybridized carbons (Fsp3) is 0.263. The lowest BCUT2D eigenvalue weighted by molar-refractivity contribution is -0.116. The SMILES string of the molecule is CC(=O)N1CCc2cc(C(=O)C(C)Sc3ccc(Cl)cc3)ccc21. The summed E-state index contributed by atoms with van der Waals surface area (Å²) in [6.07, 6.45) is 0.800. The topological polar surface area (TPSA) is 37.4 Å². The minimum atomic E-state index is -0.186. The van der Waals surface area contributed by atoms with Crippen LogP contribution in [0.5, 0.6) is 0 Å². The van der Waals surface area contributed by atoms with E-state index in [9.17, 15) is 9.59 Å². The molecule has 1 amide bonds. The van der Waals surface area contributed by atoms with Gasteiger partial charge in [-0.1, -0.05) is 11.6 Å². The van der Waals surface area contributed by atoms with Gasteiger partial charge in [-0.3, -0.25) is 9.59 Å². The van der Waals surface area contributed by atoms with E-state index in [0.29, 0.717) is 17.1 Å². The van der Waals surface area contributed by atoms with Gasteiger partial charge in [-0.25, -0.2) is 0 Å². The quantitative estimate of drug-likeness (QED) is 0.590. The van der Waals surface area contributed by atoms with Crippen LogP contribution in [0.25, 0.3) is 0 Å². The van der Waals surface area contributed by atoms with Crippen LogP contribution in [0.15, 0.2) is 47.4 Å². The van der Waals surface area contributed by atoms with Gasteiger partial charge in [-0.05, 0) is 61.4 Å². The number of carbonyl (C=O) groups is 2. The van der Waals surface area contributed by atoms with E-state index in [2.05, 4.69) is 0 Å². The number of thioether (sulfide) groups is 1. The van der Waals surface area contributed by atoms with E-state index in [4.69, 9.17) is 11.6 Å². The van der Waals surface area contributed by atoms with Gasteiger partial charge in [-0.15, -0.1) is 11.8 Å². The Hall–Kier alpha value is -1.78. The smallest absolute Gasteiger partial charge is 0.223 e. The number of ketones is 1. The number of anilines is 1. The summed E-state index contributed by atoms with van der Waals surface area (Å²) in [5, 5.41) is 0.501. The van der Waals surface area contributed by atoms with Crippen molar-refractivity contribution in [2.24, 2.45) is 0 Å². The van der Waals surface area contributed by atoms with Crippen molar-refractivity contribution in [3.8, 4) is 0 Å². The largest absolute Gasteiger partial charge is 0.312 e. The Balaban J connectivity index is 1.75. The third kappa shape index (κ3) is 3.50. The second-order valence-corrected chi connectivity index (χ2v) is 7.69. The second-order valence-electron chi connectivity index (χ2n) is 5.84. The fourth-order valence-corrected chi connectivity index (χ4v) is 3.96. The van der Waals surface area contributed by atoms with Crippen LogP contribution in [0.2, 0.25) is 5.02 Å². The van der Waals surface area contributed by atoms with Crippen molar-refractivity contribution in [3.63, 3.8) is 0 Å². The number of amides is 1. The first kappa shape index (κ1) is 17.1. The maximum Gasteiger partial charge on any atom is 0.223 e. The Morgan fingerprint density at radius 3 is 2.54 bits per heavy atom. The lowest BCUT2D eigenvalue weighted by Crippen LogP contribution is -2.25. The standard InChI is InChI=1S/C19H18ClNO2S/c1-12(24-17-6-4-16(20)5-7-17)19(23)15-3-8-18-14(11-15)9-10-21(18)13(2)22/h3-8,11-12H,9-10H2,1-2H3. The van der Waals surface area contributed by atoms with Crippen molar-refractivity contribution >= 4 is 40.7 Å². The normalized spacial score (nSPS) is 14.4. The molecule has 0 aliphatic carbocycles. The molecule has 0 saturated carbocycles. The van der Waals surface area contributed by atoms with E-state index in [1.54, 1.807) is 11.8 Å². The fourth-order valence-electron chi connectivity index (χ4n) is 2.89. The lowest BCUT2D eigenvalue weighted by Gasteiger charge is -2.15. The first-order valence-corrected chi connectivity index (χ1v) is 9.09. The molecule has 1 atom stereocenters. The number of carbonyl (C=O) groups excluding carboxylic acids is 2. The highest BCUT2D eigenvalue weighted by atomic mass is 35.5. The zero-order chi connectivity index (χ0) is 17.3. The number of rotatable bonds is 4. The monoisotopic (exact) mass is 359 g/mol. The van der Waals surface area contributed by atoms with Crippen LogP contribution < -0.4 is 4.90 Å². The molecule has 24 heavy (non-hydrogen) atoms. The van der Waals surface area contributed by atoms with Gasteiger partial charge >= 0.3 is 0 Å². The Labute approximate surface area is 151 Å². The molecular weight excluding hydrogens is 342 g/mol. The summed E-state index contributed by atoms with van der Waals surface area (Å²) in [4.78, 5) is 27.1. The molecule has 0 aromatic heterocycles. The molecule has 3 rings (SSSR count). The maximum atomic E-state index is 12.7. The molecule has 0 spiro atoms.